The number of nitrogens with two attached hydrogens (primary N) is 2. The molecule has 0 fully saturated rings. The Balaban J connectivity index is 1.66. The van der Waals surface area contributed by atoms with Crippen molar-refractivity contribution in [3.63, 3.8) is 0 Å². The predicted octanol–water partition coefficient (Wildman–Crippen LogP) is 4.29. The number of hydrogen-bond acceptors (Lipinski definition) is 8. The van der Waals surface area contributed by atoms with Gasteiger partial charge in [-0.25, -0.2) is 9.99 Å². The third-order valence-corrected chi connectivity index (χ3v) is 6.38. The van der Waals surface area contributed by atoms with Crippen LogP contribution in [0.3, 0.4) is 0 Å². The van der Waals surface area contributed by atoms with Crippen molar-refractivity contribution in [2.45, 2.75) is 39.2 Å². The normalized spacial score (nSPS) is 14.6. The molecule has 4 N–H and O–H groups in total. The molecule has 1 aromatic heterocycles. The summed E-state index contributed by atoms with van der Waals surface area (Å²) in [5, 5.41) is 6.02. The highest BCUT2D eigenvalue weighted by molar-refractivity contribution is 5.95. The van der Waals surface area contributed by atoms with E-state index in [0.29, 0.717) is 35.0 Å². The lowest BCUT2D eigenvalue weighted by atomic mass is 9.95. The summed E-state index contributed by atoms with van der Waals surface area (Å²) in [6, 6.07) is 11.7. The number of methoxy groups -OCH3 is 2. The van der Waals surface area contributed by atoms with Crippen LogP contribution >= 0.6 is 0 Å². The van der Waals surface area contributed by atoms with E-state index in [2.05, 4.69) is 28.1 Å². The van der Waals surface area contributed by atoms with Crippen molar-refractivity contribution >= 4 is 30.0 Å². The molecule has 4 rings (SSSR count). The van der Waals surface area contributed by atoms with Gasteiger partial charge in [0.1, 0.15) is 5.82 Å². The first-order chi connectivity index (χ1) is 17.9. The van der Waals surface area contributed by atoms with E-state index in [4.69, 9.17) is 20.9 Å². The zero-order chi connectivity index (χ0) is 26.5. The third kappa shape index (κ3) is 5.40. The van der Waals surface area contributed by atoms with Gasteiger partial charge in [0, 0.05) is 29.3 Å². The summed E-state index contributed by atoms with van der Waals surface area (Å²) in [7, 11) is 3.14. The summed E-state index contributed by atoms with van der Waals surface area (Å²) in [6.45, 7) is 3.94. The first kappa shape index (κ1) is 25.7. The summed E-state index contributed by atoms with van der Waals surface area (Å²) in [6.07, 6.45) is 7.16. The Morgan fingerprint density at radius 1 is 1.14 bits per heavy atom. The zero-order valence-electron chi connectivity index (χ0n) is 21.6. The van der Waals surface area contributed by atoms with E-state index in [0.717, 1.165) is 35.1 Å². The number of hydrogen-bond donors (Lipinski definition) is 2. The van der Waals surface area contributed by atoms with E-state index in [1.165, 1.54) is 6.08 Å². The van der Waals surface area contributed by atoms with Crippen molar-refractivity contribution in [1.29, 1.82) is 0 Å². The molecule has 9 nitrogen and oxygen atoms in total. The maximum absolute atomic E-state index is 13.3. The Morgan fingerprint density at radius 3 is 2.62 bits per heavy atom. The van der Waals surface area contributed by atoms with Gasteiger partial charge in [0.05, 0.1) is 26.5 Å². The van der Waals surface area contributed by atoms with Crippen LogP contribution in [0.2, 0.25) is 0 Å². The fraction of sp³-hybridized carbons (Fsp3) is 0.286. The summed E-state index contributed by atoms with van der Waals surface area (Å²) < 4.78 is 11.2. The van der Waals surface area contributed by atoms with Crippen LogP contribution < -0.4 is 20.9 Å². The molecule has 37 heavy (non-hydrogen) atoms. The van der Waals surface area contributed by atoms with E-state index in [-0.39, 0.29) is 17.9 Å². The number of nitrogen functional groups attached to an aromatic ring is 2. The molecule has 0 saturated carbocycles. The minimum Gasteiger partial charge on any atom is -0.493 e. The van der Waals surface area contributed by atoms with Gasteiger partial charge in [-0.1, -0.05) is 37.6 Å². The lowest BCUT2D eigenvalue weighted by molar-refractivity contribution is -0.128. The predicted molar refractivity (Wildman–Crippen MR) is 146 cm³/mol. The van der Waals surface area contributed by atoms with Crippen LogP contribution in [-0.2, 0) is 11.2 Å². The van der Waals surface area contributed by atoms with Gasteiger partial charge < -0.3 is 20.9 Å². The average molecular weight is 501 g/mol. The van der Waals surface area contributed by atoms with Gasteiger partial charge in [0.2, 0.25) is 5.95 Å². The monoisotopic (exact) mass is 500 g/mol. The number of rotatable bonds is 8. The number of ether oxygens (including phenoxy) is 2. The first-order valence-corrected chi connectivity index (χ1v) is 12.1. The number of anilines is 2. The van der Waals surface area contributed by atoms with Gasteiger partial charge in [-0.3, -0.25) is 4.79 Å². The number of amides is 1. The van der Waals surface area contributed by atoms with Crippen LogP contribution in [0.1, 0.15) is 59.3 Å². The molecule has 1 aliphatic heterocycles. The Kier molecular flexibility index (Phi) is 7.71. The van der Waals surface area contributed by atoms with Crippen molar-refractivity contribution in [2.75, 3.05) is 25.7 Å². The molecule has 0 aliphatic carbocycles. The maximum Gasteiger partial charge on any atom is 0.267 e. The van der Waals surface area contributed by atoms with Gasteiger partial charge in [-0.15, -0.1) is 0 Å². The van der Waals surface area contributed by atoms with Crippen LogP contribution in [0.15, 0.2) is 47.6 Å². The molecule has 9 heteroatoms. The molecule has 0 radical (unpaired) electrons. The molecule has 0 bridgehead atoms. The lowest BCUT2D eigenvalue weighted by Gasteiger charge is -2.31. The number of aromatic nitrogens is 2. The number of benzene rings is 2. The summed E-state index contributed by atoms with van der Waals surface area (Å²) >= 11 is 0. The number of fused-ring (bicyclic) bond motifs is 1. The van der Waals surface area contributed by atoms with Crippen LogP contribution in [-0.4, -0.2) is 41.3 Å². The summed E-state index contributed by atoms with van der Waals surface area (Å²) in [4.78, 5) is 21.6. The molecule has 1 atom stereocenters. The Bertz CT molecular complexity index is 1350. The third-order valence-electron chi connectivity index (χ3n) is 6.38. The standard InChI is InChI=1S/C28H32N6O3/c1-5-8-23-21-10-7-6-9-20(21)16-31-34(23)25(35)12-11-19-13-18(15-24(36-3)26(19)37-4)14-22-17(2)32-28(30)33-27(22)29/h6-7,9-13,15-16,23H,5,8,14H2,1-4H3,(H4,29,30,32,33)/b12-11+. The van der Waals surface area contributed by atoms with Crippen molar-refractivity contribution in [1.82, 2.24) is 15.0 Å². The molecular weight excluding hydrogens is 468 g/mol. The molecule has 1 aliphatic rings. The zero-order valence-corrected chi connectivity index (χ0v) is 21.6. The molecule has 0 spiro atoms. The van der Waals surface area contributed by atoms with Gasteiger partial charge in [0.15, 0.2) is 11.5 Å². The Morgan fingerprint density at radius 2 is 1.92 bits per heavy atom. The van der Waals surface area contributed by atoms with Crippen molar-refractivity contribution in [3.8, 4) is 11.5 Å². The minimum absolute atomic E-state index is 0.123. The molecule has 2 heterocycles. The lowest BCUT2D eigenvalue weighted by Crippen LogP contribution is -2.32. The average Bonchev–Trinajstić information content (AvgIpc) is 2.89. The second kappa shape index (κ2) is 11.1. The Hall–Kier alpha value is -4.40. The summed E-state index contributed by atoms with van der Waals surface area (Å²) in [5.41, 5.74) is 17.0. The van der Waals surface area contributed by atoms with Gasteiger partial charge in [-0.05, 0) is 48.2 Å². The summed E-state index contributed by atoms with van der Waals surface area (Å²) in [5.74, 6) is 1.30. The largest absolute Gasteiger partial charge is 0.493 e. The second-order valence-electron chi connectivity index (χ2n) is 8.82. The highest BCUT2D eigenvalue weighted by atomic mass is 16.5. The van der Waals surface area contributed by atoms with Crippen LogP contribution in [0.5, 0.6) is 11.5 Å². The molecular formula is C28H32N6O3. The maximum atomic E-state index is 13.3. The molecule has 3 aromatic rings. The van der Waals surface area contributed by atoms with E-state index < -0.39 is 0 Å². The van der Waals surface area contributed by atoms with Crippen LogP contribution in [0, 0.1) is 6.92 Å². The van der Waals surface area contributed by atoms with Crippen molar-refractivity contribution < 1.29 is 14.3 Å². The van der Waals surface area contributed by atoms with E-state index in [9.17, 15) is 4.79 Å². The van der Waals surface area contributed by atoms with Gasteiger partial charge >= 0.3 is 0 Å². The SMILES string of the molecule is CCCC1c2ccccc2C=NN1C(=O)/C=C/c1cc(Cc2c(C)nc(N)nc2N)cc(OC)c1OC. The highest BCUT2D eigenvalue weighted by Crippen LogP contribution is 2.36. The van der Waals surface area contributed by atoms with Crippen molar-refractivity contribution in [3.05, 3.63) is 76.0 Å². The number of hydrazone groups is 1. The number of nitrogens with zero attached hydrogens (tertiary/aromatic N) is 4. The van der Waals surface area contributed by atoms with E-state index >= 15 is 0 Å². The number of aryl methyl sites for hydroxylation is 1. The van der Waals surface area contributed by atoms with E-state index in [1.54, 1.807) is 31.5 Å². The van der Waals surface area contributed by atoms with E-state index in [1.807, 2.05) is 37.3 Å². The van der Waals surface area contributed by atoms with Crippen LogP contribution in [0.4, 0.5) is 11.8 Å². The topological polar surface area (TPSA) is 129 Å². The molecule has 0 saturated heterocycles. The Labute approximate surface area is 216 Å². The van der Waals surface area contributed by atoms with Crippen molar-refractivity contribution in [2.24, 2.45) is 5.10 Å². The van der Waals surface area contributed by atoms with Crippen LogP contribution in [0.25, 0.3) is 6.08 Å². The smallest absolute Gasteiger partial charge is 0.267 e. The fourth-order valence-corrected chi connectivity index (χ4v) is 4.61. The number of carbonyl (C=O) groups excluding carboxylic acids is 1. The molecule has 1 unspecified atom stereocenters. The van der Waals surface area contributed by atoms with Gasteiger partial charge in [0.25, 0.3) is 5.91 Å². The first-order valence-electron chi connectivity index (χ1n) is 12.1. The molecule has 2 aromatic carbocycles. The molecule has 1 amide bonds. The number of carbonyl (C=O) groups is 1. The van der Waals surface area contributed by atoms with Gasteiger partial charge in [-0.2, -0.15) is 10.1 Å². The molecule has 192 valence electrons. The fourth-order valence-electron chi connectivity index (χ4n) is 4.61. The second-order valence-corrected chi connectivity index (χ2v) is 8.82. The quantitative estimate of drug-likeness (QED) is 0.442. The highest BCUT2D eigenvalue weighted by Gasteiger charge is 2.27. The minimum atomic E-state index is -0.220.